The maximum atomic E-state index is 11.9. The lowest BCUT2D eigenvalue weighted by Crippen LogP contribution is -2.04. The van der Waals surface area contributed by atoms with Gasteiger partial charge in [-0.1, -0.05) is 25.4 Å². The number of nitrogens with zero attached hydrogens (tertiary/aromatic N) is 1. The van der Waals surface area contributed by atoms with Gasteiger partial charge < -0.3 is 9.30 Å². The molecular weight excluding hydrogens is 274 g/mol. The molecule has 108 valence electrons. The lowest BCUT2D eigenvalue weighted by Gasteiger charge is -2.10. The van der Waals surface area contributed by atoms with Crippen molar-refractivity contribution in [2.75, 3.05) is 6.61 Å². The molecule has 0 radical (unpaired) electrons. The van der Waals surface area contributed by atoms with Crippen molar-refractivity contribution in [1.29, 1.82) is 0 Å². The summed E-state index contributed by atoms with van der Waals surface area (Å²) in [7, 11) is 0. The zero-order chi connectivity index (χ0) is 14.9. The van der Waals surface area contributed by atoms with Crippen LogP contribution in [0.2, 0.25) is 5.15 Å². The molecule has 0 atom stereocenters. The number of carbonyl (C=O) groups is 1. The first-order valence-corrected chi connectivity index (χ1v) is 7.29. The van der Waals surface area contributed by atoms with Crippen LogP contribution in [0, 0.1) is 5.92 Å². The van der Waals surface area contributed by atoms with Crippen LogP contribution in [0.3, 0.4) is 0 Å². The van der Waals surface area contributed by atoms with Crippen molar-refractivity contribution in [3.05, 3.63) is 28.9 Å². The molecule has 0 saturated carbocycles. The van der Waals surface area contributed by atoms with E-state index in [-0.39, 0.29) is 5.78 Å². The Labute approximate surface area is 124 Å². The van der Waals surface area contributed by atoms with E-state index in [4.69, 9.17) is 16.3 Å². The Balaban J connectivity index is 2.69. The van der Waals surface area contributed by atoms with E-state index < -0.39 is 0 Å². The second kappa shape index (κ2) is 5.88. The fraction of sp³-hybridized carbons (Fsp3) is 0.438. The quantitative estimate of drug-likeness (QED) is 0.757. The first-order chi connectivity index (χ1) is 9.45. The predicted octanol–water partition coefficient (Wildman–Crippen LogP) is 4.55. The molecule has 1 aromatic heterocycles. The van der Waals surface area contributed by atoms with Gasteiger partial charge in [0, 0.05) is 11.9 Å². The molecule has 0 amide bonds. The second-order valence-corrected chi connectivity index (χ2v) is 5.70. The molecule has 3 nitrogen and oxygen atoms in total. The SMILES string of the molecule is CCOc1ccc2c(c1)c(C(C)=O)c(Cl)n2CC(C)C. The molecule has 2 aromatic rings. The smallest absolute Gasteiger partial charge is 0.163 e. The van der Waals surface area contributed by atoms with Gasteiger partial charge in [-0.15, -0.1) is 0 Å². The summed E-state index contributed by atoms with van der Waals surface area (Å²) in [5.41, 5.74) is 1.57. The van der Waals surface area contributed by atoms with Crippen LogP contribution in [-0.2, 0) is 6.54 Å². The van der Waals surface area contributed by atoms with Gasteiger partial charge in [-0.25, -0.2) is 0 Å². The number of ketones is 1. The number of fused-ring (bicyclic) bond motifs is 1. The van der Waals surface area contributed by atoms with Crippen molar-refractivity contribution in [1.82, 2.24) is 4.57 Å². The minimum absolute atomic E-state index is 0.0174. The standard InChI is InChI=1S/C16H20ClNO2/c1-5-20-12-6-7-14-13(8-12)15(11(4)19)16(17)18(14)9-10(2)3/h6-8,10H,5,9H2,1-4H3. The number of carbonyl (C=O) groups excluding carboxylic acids is 1. The van der Waals surface area contributed by atoms with Gasteiger partial charge in [-0.2, -0.15) is 0 Å². The van der Waals surface area contributed by atoms with E-state index in [0.29, 0.717) is 23.2 Å². The fourth-order valence-corrected chi connectivity index (χ4v) is 2.83. The summed E-state index contributed by atoms with van der Waals surface area (Å²) in [6.07, 6.45) is 0. The molecule has 20 heavy (non-hydrogen) atoms. The topological polar surface area (TPSA) is 31.2 Å². The molecule has 1 heterocycles. The molecule has 2 rings (SSSR count). The predicted molar refractivity (Wildman–Crippen MR) is 83.0 cm³/mol. The largest absolute Gasteiger partial charge is 0.494 e. The second-order valence-electron chi connectivity index (χ2n) is 5.34. The highest BCUT2D eigenvalue weighted by atomic mass is 35.5. The van der Waals surface area contributed by atoms with Gasteiger partial charge >= 0.3 is 0 Å². The van der Waals surface area contributed by atoms with Gasteiger partial charge in [0.05, 0.1) is 17.7 Å². The third-order valence-corrected chi connectivity index (χ3v) is 3.58. The minimum Gasteiger partial charge on any atom is -0.494 e. The summed E-state index contributed by atoms with van der Waals surface area (Å²) in [6, 6.07) is 5.79. The third kappa shape index (κ3) is 2.68. The van der Waals surface area contributed by atoms with Gasteiger partial charge in [-0.05, 0) is 38.0 Å². The zero-order valence-corrected chi connectivity index (χ0v) is 13.1. The van der Waals surface area contributed by atoms with Crippen LogP contribution in [0.1, 0.15) is 38.1 Å². The van der Waals surface area contributed by atoms with Crippen LogP contribution >= 0.6 is 11.6 Å². The number of halogens is 1. The summed E-state index contributed by atoms with van der Waals surface area (Å²) in [6.45, 7) is 9.13. The van der Waals surface area contributed by atoms with Crippen molar-refractivity contribution in [2.45, 2.75) is 34.2 Å². The van der Waals surface area contributed by atoms with Gasteiger partial charge in [0.2, 0.25) is 0 Å². The van der Waals surface area contributed by atoms with Gasteiger partial charge in [0.1, 0.15) is 10.9 Å². The van der Waals surface area contributed by atoms with Crippen molar-refractivity contribution in [2.24, 2.45) is 5.92 Å². The molecule has 0 fully saturated rings. The van der Waals surface area contributed by atoms with Gasteiger partial charge in [-0.3, -0.25) is 4.79 Å². The van der Waals surface area contributed by atoms with Crippen LogP contribution < -0.4 is 4.74 Å². The number of ether oxygens (including phenoxy) is 1. The Morgan fingerprint density at radius 1 is 1.40 bits per heavy atom. The van der Waals surface area contributed by atoms with Crippen molar-refractivity contribution in [3.63, 3.8) is 0 Å². The number of aromatic nitrogens is 1. The number of Topliss-reactive ketones (excluding diaryl/α,β-unsaturated/α-hetero) is 1. The Kier molecular flexibility index (Phi) is 4.39. The van der Waals surface area contributed by atoms with E-state index in [9.17, 15) is 4.79 Å². The van der Waals surface area contributed by atoms with Gasteiger partial charge in [0.25, 0.3) is 0 Å². The van der Waals surface area contributed by atoms with E-state index in [0.717, 1.165) is 23.2 Å². The van der Waals surface area contributed by atoms with Crippen LogP contribution in [0.15, 0.2) is 18.2 Å². The summed E-state index contributed by atoms with van der Waals surface area (Å²) in [5, 5.41) is 1.39. The molecule has 0 aliphatic carbocycles. The van der Waals surface area contributed by atoms with Crippen molar-refractivity contribution in [3.8, 4) is 5.75 Å². The molecular formula is C16H20ClNO2. The first-order valence-electron chi connectivity index (χ1n) is 6.91. The lowest BCUT2D eigenvalue weighted by molar-refractivity contribution is 0.101. The average Bonchev–Trinajstić information content (AvgIpc) is 2.62. The summed E-state index contributed by atoms with van der Waals surface area (Å²) >= 11 is 6.42. The Morgan fingerprint density at radius 2 is 2.10 bits per heavy atom. The molecule has 1 aromatic carbocycles. The van der Waals surface area contributed by atoms with Crippen molar-refractivity contribution < 1.29 is 9.53 Å². The van der Waals surface area contributed by atoms with E-state index in [2.05, 4.69) is 13.8 Å². The molecule has 0 aliphatic heterocycles. The van der Waals surface area contributed by atoms with E-state index in [1.54, 1.807) is 6.92 Å². The molecule has 0 bridgehead atoms. The number of benzene rings is 1. The molecule has 4 heteroatoms. The number of hydrogen-bond acceptors (Lipinski definition) is 2. The molecule has 0 saturated heterocycles. The van der Waals surface area contributed by atoms with E-state index in [1.807, 2.05) is 29.7 Å². The Morgan fingerprint density at radius 3 is 2.65 bits per heavy atom. The molecule has 0 N–H and O–H groups in total. The third-order valence-electron chi connectivity index (χ3n) is 3.18. The van der Waals surface area contributed by atoms with Crippen LogP contribution in [-0.4, -0.2) is 17.0 Å². The highest BCUT2D eigenvalue weighted by molar-refractivity contribution is 6.35. The van der Waals surface area contributed by atoms with Crippen LogP contribution in [0.5, 0.6) is 5.75 Å². The fourth-order valence-electron chi connectivity index (χ4n) is 2.44. The maximum Gasteiger partial charge on any atom is 0.163 e. The summed E-state index contributed by atoms with van der Waals surface area (Å²) in [4.78, 5) is 11.9. The van der Waals surface area contributed by atoms with Crippen LogP contribution in [0.4, 0.5) is 0 Å². The number of hydrogen-bond donors (Lipinski definition) is 0. The minimum atomic E-state index is -0.0174. The average molecular weight is 294 g/mol. The Hall–Kier alpha value is -1.48. The first kappa shape index (κ1) is 14.9. The van der Waals surface area contributed by atoms with Crippen molar-refractivity contribution >= 4 is 28.3 Å². The molecule has 0 unspecified atom stereocenters. The number of rotatable bonds is 5. The van der Waals surface area contributed by atoms with E-state index in [1.165, 1.54) is 0 Å². The van der Waals surface area contributed by atoms with E-state index >= 15 is 0 Å². The maximum absolute atomic E-state index is 11.9. The summed E-state index contributed by atoms with van der Waals surface area (Å²) < 4.78 is 7.52. The summed E-state index contributed by atoms with van der Waals surface area (Å²) in [5.74, 6) is 1.20. The highest BCUT2D eigenvalue weighted by Crippen LogP contribution is 2.33. The monoisotopic (exact) mass is 293 g/mol. The lowest BCUT2D eigenvalue weighted by atomic mass is 10.1. The Bertz CT molecular complexity index is 643. The zero-order valence-electron chi connectivity index (χ0n) is 12.4. The van der Waals surface area contributed by atoms with Gasteiger partial charge in [0.15, 0.2) is 5.78 Å². The molecule has 0 spiro atoms. The van der Waals surface area contributed by atoms with Crippen LogP contribution in [0.25, 0.3) is 10.9 Å². The normalized spacial score (nSPS) is 11.3. The highest BCUT2D eigenvalue weighted by Gasteiger charge is 2.19. The molecule has 0 aliphatic rings.